The number of ether oxygens (including phenoxy) is 1. The molecule has 0 saturated carbocycles. The lowest BCUT2D eigenvalue weighted by Crippen LogP contribution is -1.94. The number of aliphatic hydroxyl groups is 1. The molecule has 100 valence electrons. The molecule has 1 heterocycles. The summed E-state index contributed by atoms with van der Waals surface area (Å²) in [6.07, 6.45) is 0. The Hall–Kier alpha value is -2.39. The third kappa shape index (κ3) is 2.49. The van der Waals surface area contributed by atoms with Crippen LogP contribution in [0.1, 0.15) is 11.3 Å². The molecule has 0 spiro atoms. The average Bonchev–Trinajstić information content (AvgIpc) is 2.47. The highest BCUT2D eigenvalue weighted by Gasteiger charge is 2.05. The Morgan fingerprint density at radius 3 is 2.70 bits per heavy atom. The van der Waals surface area contributed by atoms with Crippen LogP contribution in [-0.4, -0.2) is 10.1 Å². The summed E-state index contributed by atoms with van der Waals surface area (Å²) in [4.78, 5) is 4.35. The van der Waals surface area contributed by atoms with Crippen LogP contribution in [0.4, 0.5) is 0 Å². The molecule has 0 unspecified atom stereocenters. The number of hydrogen-bond donors (Lipinski definition) is 1. The molecule has 0 amide bonds. The van der Waals surface area contributed by atoms with Gasteiger partial charge in [0.25, 0.3) is 0 Å². The van der Waals surface area contributed by atoms with Gasteiger partial charge in [-0.3, -0.25) is 0 Å². The monoisotopic (exact) mass is 265 g/mol. The molecule has 0 aliphatic heterocycles. The van der Waals surface area contributed by atoms with E-state index >= 15 is 0 Å². The van der Waals surface area contributed by atoms with Gasteiger partial charge >= 0.3 is 0 Å². The molecule has 0 aliphatic carbocycles. The predicted octanol–water partition coefficient (Wildman–Crippen LogP) is 3.83. The second kappa shape index (κ2) is 5.31. The molecule has 0 atom stereocenters. The van der Waals surface area contributed by atoms with Crippen LogP contribution in [0.15, 0.2) is 54.6 Å². The van der Waals surface area contributed by atoms with Crippen molar-refractivity contribution >= 4 is 10.8 Å². The van der Waals surface area contributed by atoms with Gasteiger partial charge in [0.2, 0.25) is 5.88 Å². The van der Waals surface area contributed by atoms with Gasteiger partial charge in [-0.1, -0.05) is 36.4 Å². The summed E-state index contributed by atoms with van der Waals surface area (Å²) in [6, 6.07) is 17.6. The molecular formula is C17H15NO2. The number of aromatic nitrogens is 1. The highest BCUT2D eigenvalue weighted by Crippen LogP contribution is 2.29. The SMILES string of the molecule is Cc1cc(CO)cc(Oc2cccc3ccccc23)n1. The Balaban J connectivity index is 2.03. The van der Waals surface area contributed by atoms with Crippen LogP contribution in [0.2, 0.25) is 0 Å². The molecule has 0 bridgehead atoms. The van der Waals surface area contributed by atoms with E-state index in [1.165, 1.54) is 0 Å². The van der Waals surface area contributed by atoms with Crippen LogP contribution < -0.4 is 4.74 Å². The number of fused-ring (bicyclic) bond motifs is 1. The van der Waals surface area contributed by atoms with Crippen molar-refractivity contribution in [3.05, 3.63) is 65.9 Å². The van der Waals surface area contributed by atoms with Crippen LogP contribution in [0, 0.1) is 6.92 Å². The largest absolute Gasteiger partial charge is 0.438 e. The highest BCUT2D eigenvalue weighted by atomic mass is 16.5. The maximum Gasteiger partial charge on any atom is 0.219 e. The zero-order valence-electron chi connectivity index (χ0n) is 11.2. The first-order chi connectivity index (χ1) is 9.76. The third-order valence-corrected chi connectivity index (χ3v) is 3.14. The highest BCUT2D eigenvalue weighted by molar-refractivity contribution is 5.88. The molecule has 1 N–H and O–H groups in total. The van der Waals surface area contributed by atoms with Crippen molar-refractivity contribution in [1.29, 1.82) is 0 Å². The third-order valence-electron chi connectivity index (χ3n) is 3.14. The Morgan fingerprint density at radius 1 is 1.05 bits per heavy atom. The second-order valence-corrected chi connectivity index (χ2v) is 4.69. The first-order valence-electron chi connectivity index (χ1n) is 6.50. The van der Waals surface area contributed by atoms with Crippen LogP contribution in [-0.2, 0) is 6.61 Å². The van der Waals surface area contributed by atoms with E-state index in [2.05, 4.69) is 4.98 Å². The Morgan fingerprint density at radius 2 is 1.85 bits per heavy atom. The second-order valence-electron chi connectivity index (χ2n) is 4.69. The zero-order valence-corrected chi connectivity index (χ0v) is 11.2. The minimum absolute atomic E-state index is 0.0186. The van der Waals surface area contributed by atoms with Gasteiger partial charge in [-0.25, -0.2) is 4.98 Å². The van der Waals surface area contributed by atoms with Crippen molar-refractivity contribution in [3.63, 3.8) is 0 Å². The van der Waals surface area contributed by atoms with E-state index in [0.717, 1.165) is 27.8 Å². The maximum atomic E-state index is 9.24. The predicted molar refractivity (Wildman–Crippen MR) is 78.9 cm³/mol. The van der Waals surface area contributed by atoms with Crippen LogP contribution in [0.3, 0.4) is 0 Å². The number of rotatable bonds is 3. The molecular weight excluding hydrogens is 250 g/mol. The summed E-state index contributed by atoms with van der Waals surface area (Å²) >= 11 is 0. The summed E-state index contributed by atoms with van der Waals surface area (Å²) < 4.78 is 5.89. The Bertz CT molecular complexity index is 748. The molecule has 0 saturated heterocycles. The molecule has 1 aromatic heterocycles. The summed E-state index contributed by atoms with van der Waals surface area (Å²) in [6.45, 7) is 1.87. The standard InChI is InChI=1S/C17H15NO2/c1-12-9-13(11-19)10-17(18-12)20-16-8-4-6-14-5-2-3-7-15(14)16/h2-10,19H,11H2,1H3. The van der Waals surface area contributed by atoms with Gasteiger partial charge in [0.15, 0.2) is 0 Å². The average molecular weight is 265 g/mol. The summed E-state index contributed by atoms with van der Waals surface area (Å²) in [5.41, 5.74) is 1.62. The van der Waals surface area contributed by atoms with Crippen LogP contribution in [0.5, 0.6) is 11.6 Å². The molecule has 3 heteroatoms. The number of hydrogen-bond acceptors (Lipinski definition) is 3. The van der Waals surface area contributed by atoms with Gasteiger partial charge in [0.05, 0.1) is 6.61 Å². The molecule has 3 nitrogen and oxygen atoms in total. The number of nitrogens with zero attached hydrogens (tertiary/aromatic N) is 1. The molecule has 20 heavy (non-hydrogen) atoms. The Labute approximate surface area is 117 Å². The quantitative estimate of drug-likeness (QED) is 0.782. The van der Waals surface area contributed by atoms with E-state index in [1.54, 1.807) is 6.07 Å². The first-order valence-corrected chi connectivity index (χ1v) is 6.50. The van der Waals surface area contributed by atoms with Crippen molar-refractivity contribution in [2.45, 2.75) is 13.5 Å². The van der Waals surface area contributed by atoms with Gasteiger partial charge in [0.1, 0.15) is 5.75 Å². The first kappa shape index (κ1) is 12.6. The Kier molecular flexibility index (Phi) is 3.35. The summed E-state index contributed by atoms with van der Waals surface area (Å²) in [7, 11) is 0. The van der Waals surface area contributed by atoms with E-state index < -0.39 is 0 Å². The maximum absolute atomic E-state index is 9.24. The lowest BCUT2D eigenvalue weighted by Gasteiger charge is -2.09. The molecule has 0 fully saturated rings. The van der Waals surface area contributed by atoms with Gasteiger partial charge in [-0.05, 0) is 30.0 Å². The fourth-order valence-electron chi connectivity index (χ4n) is 2.25. The van der Waals surface area contributed by atoms with E-state index in [9.17, 15) is 5.11 Å². The van der Waals surface area contributed by atoms with E-state index in [4.69, 9.17) is 4.74 Å². The van der Waals surface area contributed by atoms with Crippen molar-refractivity contribution in [2.75, 3.05) is 0 Å². The lowest BCUT2D eigenvalue weighted by molar-refractivity contribution is 0.281. The normalized spacial score (nSPS) is 10.7. The lowest BCUT2D eigenvalue weighted by atomic mass is 10.1. The van der Waals surface area contributed by atoms with E-state index in [-0.39, 0.29) is 6.61 Å². The van der Waals surface area contributed by atoms with E-state index in [1.807, 2.05) is 55.5 Å². The van der Waals surface area contributed by atoms with Crippen molar-refractivity contribution in [2.24, 2.45) is 0 Å². The van der Waals surface area contributed by atoms with Gasteiger partial charge < -0.3 is 9.84 Å². The number of benzene rings is 2. The van der Waals surface area contributed by atoms with Gasteiger partial charge in [-0.2, -0.15) is 0 Å². The smallest absolute Gasteiger partial charge is 0.219 e. The van der Waals surface area contributed by atoms with Crippen LogP contribution >= 0.6 is 0 Å². The molecule has 2 aromatic carbocycles. The van der Waals surface area contributed by atoms with Crippen molar-refractivity contribution in [1.82, 2.24) is 4.98 Å². The molecule has 3 aromatic rings. The number of pyridine rings is 1. The number of aryl methyl sites for hydroxylation is 1. The molecule has 3 rings (SSSR count). The fourth-order valence-corrected chi connectivity index (χ4v) is 2.25. The van der Waals surface area contributed by atoms with E-state index in [0.29, 0.717) is 5.88 Å². The topological polar surface area (TPSA) is 42.4 Å². The van der Waals surface area contributed by atoms with Crippen LogP contribution in [0.25, 0.3) is 10.8 Å². The minimum Gasteiger partial charge on any atom is -0.438 e. The minimum atomic E-state index is -0.0186. The summed E-state index contributed by atoms with van der Waals surface area (Å²) in [5, 5.41) is 11.4. The van der Waals surface area contributed by atoms with Gasteiger partial charge in [-0.15, -0.1) is 0 Å². The fraction of sp³-hybridized carbons (Fsp3) is 0.118. The summed E-state index contributed by atoms with van der Waals surface area (Å²) in [5.74, 6) is 1.27. The molecule has 0 aliphatic rings. The number of aliphatic hydroxyl groups excluding tert-OH is 1. The van der Waals surface area contributed by atoms with Crippen molar-refractivity contribution in [3.8, 4) is 11.6 Å². The van der Waals surface area contributed by atoms with Gasteiger partial charge in [0, 0.05) is 17.1 Å². The van der Waals surface area contributed by atoms with Crippen molar-refractivity contribution < 1.29 is 9.84 Å². The zero-order chi connectivity index (χ0) is 13.9. The molecule has 0 radical (unpaired) electrons.